The fourth-order valence-electron chi connectivity index (χ4n) is 2.73. The Morgan fingerprint density at radius 2 is 1.70 bits per heavy atom. The van der Waals surface area contributed by atoms with Crippen molar-refractivity contribution in [3.8, 4) is 11.5 Å². The molecule has 0 aliphatic heterocycles. The van der Waals surface area contributed by atoms with Crippen LogP contribution in [0.2, 0.25) is 0 Å². The fourth-order valence-corrected chi connectivity index (χ4v) is 3.38. The van der Waals surface area contributed by atoms with Gasteiger partial charge in [-0.2, -0.15) is 0 Å². The van der Waals surface area contributed by atoms with Crippen LogP contribution >= 0.6 is 0 Å². The van der Waals surface area contributed by atoms with Crippen LogP contribution in [0.3, 0.4) is 0 Å². The molecule has 3 N–H and O–H groups in total. The van der Waals surface area contributed by atoms with Gasteiger partial charge in [-0.15, -0.1) is 0 Å². The third-order valence-corrected chi connectivity index (χ3v) is 5.92. The van der Waals surface area contributed by atoms with Crippen molar-refractivity contribution in [2.45, 2.75) is 31.6 Å². The van der Waals surface area contributed by atoms with E-state index in [0.717, 1.165) is 6.26 Å². The van der Waals surface area contributed by atoms with Crippen LogP contribution in [0.25, 0.3) is 0 Å². The van der Waals surface area contributed by atoms with E-state index in [-0.39, 0.29) is 10.8 Å². The molecule has 0 atom stereocenters. The van der Waals surface area contributed by atoms with Crippen molar-refractivity contribution in [1.29, 1.82) is 0 Å². The summed E-state index contributed by atoms with van der Waals surface area (Å²) in [6.45, 7) is 4.21. The van der Waals surface area contributed by atoms with Gasteiger partial charge in [0.25, 0.3) is 0 Å². The molecule has 0 aromatic heterocycles. The van der Waals surface area contributed by atoms with Crippen LogP contribution in [0.4, 0.5) is 5.69 Å². The van der Waals surface area contributed by atoms with Crippen LogP contribution < -0.4 is 15.8 Å². The quantitative estimate of drug-likeness (QED) is 0.718. The van der Waals surface area contributed by atoms with E-state index in [9.17, 15) is 13.2 Å². The number of nitrogens with two attached hydrogens (primary N) is 1. The number of carbonyl (C=O) groups is 1. The molecular formula is C20H26N2O4S. The van der Waals surface area contributed by atoms with E-state index in [1.165, 1.54) is 12.1 Å². The van der Waals surface area contributed by atoms with Crippen LogP contribution in [0.1, 0.15) is 26.7 Å². The molecule has 146 valence electrons. The Kier molecular flexibility index (Phi) is 6.62. The monoisotopic (exact) mass is 390 g/mol. The highest BCUT2D eigenvalue weighted by atomic mass is 32.2. The first-order valence-corrected chi connectivity index (χ1v) is 10.7. The lowest BCUT2D eigenvalue weighted by Gasteiger charge is -2.28. The van der Waals surface area contributed by atoms with E-state index in [0.29, 0.717) is 36.6 Å². The molecule has 27 heavy (non-hydrogen) atoms. The van der Waals surface area contributed by atoms with E-state index >= 15 is 0 Å². The van der Waals surface area contributed by atoms with Gasteiger partial charge in [0, 0.05) is 18.5 Å². The molecule has 0 saturated carbocycles. The van der Waals surface area contributed by atoms with E-state index < -0.39 is 15.3 Å². The topological polar surface area (TPSA) is 98.5 Å². The molecule has 0 saturated heterocycles. The predicted molar refractivity (Wildman–Crippen MR) is 107 cm³/mol. The van der Waals surface area contributed by atoms with Crippen LogP contribution in [-0.2, 0) is 14.6 Å². The molecule has 0 heterocycles. The van der Waals surface area contributed by atoms with Crippen molar-refractivity contribution in [3.63, 3.8) is 0 Å². The highest BCUT2D eigenvalue weighted by Crippen LogP contribution is 2.28. The average molecular weight is 391 g/mol. The average Bonchev–Trinajstić information content (AvgIpc) is 2.65. The highest BCUT2D eigenvalue weighted by Gasteiger charge is 2.33. The number of anilines is 1. The summed E-state index contributed by atoms with van der Waals surface area (Å²) in [6.07, 6.45) is 2.49. The molecule has 0 aliphatic carbocycles. The van der Waals surface area contributed by atoms with Gasteiger partial charge in [-0.1, -0.05) is 19.9 Å². The standard InChI is InChI=1S/C20H26N2O4S/c1-4-20(5-2,14-21)19(23)22-15-9-11-16(12-10-15)26-17-7-6-8-18(13-17)27(3,24)25/h6-13H,4-5,14,21H2,1-3H3,(H,22,23). The fraction of sp³-hybridized carbons (Fsp3) is 0.350. The minimum Gasteiger partial charge on any atom is -0.457 e. The van der Waals surface area contributed by atoms with Gasteiger partial charge in [0.05, 0.1) is 10.3 Å². The lowest BCUT2D eigenvalue weighted by atomic mass is 9.81. The molecular weight excluding hydrogens is 364 g/mol. The number of nitrogens with one attached hydrogen (secondary N) is 1. The molecule has 2 aromatic rings. The first kappa shape index (κ1) is 20.9. The van der Waals surface area contributed by atoms with Gasteiger partial charge in [0.1, 0.15) is 11.5 Å². The Labute approximate surface area is 160 Å². The molecule has 0 radical (unpaired) electrons. The van der Waals surface area contributed by atoms with Gasteiger partial charge in [0.15, 0.2) is 9.84 Å². The smallest absolute Gasteiger partial charge is 0.231 e. The van der Waals surface area contributed by atoms with Crippen LogP contribution in [0.15, 0.2) is 53.4 Å². The third kappa shape index (κ3) is 5.08. The van der Waals surface area contributed by atoms with Gasteiger partial charge < -0.3 is 15.8 Å². The van der Waals surface area contributed by atoms with Crippen molar-refractivity contribution in [2.75, 3.05) is 18.1 Å². The van der Waals surface area contributed by atoms with E-state index in [1.807, 2.05) is 13.8 Å². The number of sulfone groups is 1. The summed E-state index contributed by atoms with van der Waals surface area (Å²) in [5.41, 5.74) is 5.89. The van der Waals surface area contributed by atoms with Gasteiger partial charge in [-0.05, 0) is 55.3 Å². The zero-order valence-electron chi connectivity index (χ0n) is 15.9. The predicted octanol–water partition coefficient (Wildman–Crippen LogP) is 3.59. The van der Waals surface area contributed by atoms with E-state index in [4.69, 9.17) is 10.5 Å². The lowest BCUT2D eigenvalue weighted by molar-refractivity contribution is -0.125. The van der Waals surface area contributed by atoms with Crippen molar-refractivity contribution in [2.24, 2.45) is 11.1 Å². The number of benzene rings is 2. The number of ether oxygens (including phenoxy) is 1. The Bertz CT molecular complexity index is 880. The van der Waals surface area contributed by atoms with Crippen LogP contribution in [0, 0.1) is 5.41 Å². The maximum absolute atomic E-state index is 12.6. The molecule has 0 unspecified atom stereocenters. The normalized spacial score (nSPS) is 11.9. The lowest BCUT2D eigenvalue weighted by Crippen LogP contribution is -2.41. The largest absolute Gasteiger partial charge is 0.457 e. The summed E-state index contributed by atoms with van der Waals surface area (Å²) in [5.74, 6) is 0.869. The number of hydrogen-bond donors (Lipinski definition) is 2. The molecule has 0 aliphatic rings. The summed E-state index contributed by atoms with van der Waals surface area (Å²) >= 11 is 0. The highest BCUT2D eigenvalue weighted by molar-refractivity contribution is 7.90. The number of hydrogen-bond acceptors (Lipinski definition) is 5. The minimum absolute atomic E-state index is 0.0930. The third-order valence-electron chi connectivity index (χ3n) is 4.81. The second-order valence-electron chi connectivity index (χ2n) is 6.52. The molecule has 1 amide bonds. The summed E-state index contributed by atoms with van der Waals surface area (Å²) in [6, 6.07) is 13.2. The molecule has 7 heteroatoms. The van der Waals surface area contributed by atoms with Gasteiger partial charge in [-0.3, -0.25) is 4.79 Å². The first-order valence-electron chi connectivity index (χ1n) is 8.83. The van der Waals surface area contributed by atoms with Crippen molar-refractivity contribution >= 4 is 21.4 Å². The molecule has 6 nitrogen and oxygen atoms in total. The van der Waals surface area contributed by atoms with Crippen molar-refractivity contribution < 1.29 is 17.9 Å². The Hall–Kier alpha value is -2.38. The maximum Gasteiger partial charge on any atom is 0.231 e. The Morgan fingerprint density at radius 1 is 1.07 bits per heavy atom. The SMILES string of the molecule is CCC(CC)(CN)C(=O)Nc1ccc(Oc2cccc(S(C)(=O)=O)c2)cc1. The Morgan fingerprint density at radius 3 is 2.22 bits per heavy atom. The number of rotatable bonds is 8. The van der Waals surface area contributed by atoms with Crippen LogP contribution in [0.5, 0.6) is 11.5 Å². The molecule has 0 bridgehead atoms. The van der Waals surface area contributed by atoms with Crippen LogP contribution in [-0.4, -0.2) is 27.1 Å². The summed E-state index contributed by atoms with van der Waals surface area (Å²) in [4.78, 5) is 12.8. The van der Waals surface area contributed by atoms with Gasteiger partial charge in [-0.25, -0.2) is 8.42 Å². The Balaban J connectivity index is 2.11. The maximum atomic E-state index is 12.6. The zero-order valence-corrected chi connectivity index (χ0v) is 16.7. The minimum atomic E-state index is -3.30. The summed E-state index contributed by atoms with van der Waals surface area (Å²) in [5, 5.41) is 2.90. The molecule has 2 aromatic carbocycles. The number of amides is 1. The van der Waals surface area contributed by atoms with E-state index in [2.05, 4.69) is 5.32 Å². The summed E-state index contributed by atoms with van der Waals surface area (Å²) < 4.78 is 29.0. The van der Waals surface area contributed by atoms with Crippen molar-refractivity contribution in [3.05, 3.63) is 48.5 Å². The molecule has 0 fully saturated rings. The van der Waals surface area contributed by atoms with Gasteiger partial charge in [0.2, 0.25) is 5.91 Å². The molecule has 2 rings (SSSR count). The van der Waals surface area contributed by atoms with E-state index in [1.54, 1.807) is 36.4 Å². The van der Waals surface area contributed by atoms with Gasteiger partial charge >= 0.3 is 0 Å². The first-order chi connectivity index (χ1) is 12.7. The zero-order chi connectivity index (χ0) is 20.1. The second-order valence-corrected chi connectivity index (χ2v) is 8.53. The second kappa shape index (κ2) is 8.54. The molecule has 0 spiro atoms. The number of carbonyl (C=O) groups excluding carboxylic acids is 1. The van der Waals surface area contributed by atoms with Crippen molar-refractivity contribution in [1.82, 2.24) is 0 Å². The summed E-state index contributed by atoms with van der Waals surface area (Å²) in [7, 11) is -3.30.